The molecule has 0 unspecified atom stereocenters. The molecule has 7 nitrogen and oxygen atoms in total. The van der Waals surface area contributed by atoms with E-state index in [0.29, 0.717) is 24.0 Å². The third-order valence-electron chi connectivity index (χ3n) is 3.14. The highest BCUT2D eigenvalue weighted by Crippen LogP contribution is 2.26. The van der Waals surface area contributed by atoms with Gasteiger partial charge in [-0.2, -0.15) is 20.1 Å². The van der Waals surface area contributed by atoms with Crippen LogP contribution in [0.15, 0.2) is 18.5 Å². The van der Waals surface area contributed by atoms with Gasteiger partial charge in [-0.25, -0.2) is 4.68 Å². The first-order valence-electron chi connectivity index (χ1n) is 6.54. The Kier molecular flexibility index (Phi) is 3.79. The first-order valence-corrected chi connectivity index (χ1v) is 6.92. The van der Waals surface area contributed by atoms with E-state index in [0.717, 1.165) is 19.4 Å². The van der Waals surface area contributed by atoms with Crippen molar-refractivity contribution in [3.63, 3.8) is 0 Å². The molecule has 2 heterocycles. The normalized spacial score (nSPS) is 21.5. The maximum atomic E-state index is 5.92. The third-order valence-corrected chi connectivity index (χ3v) is 3.31. The topological polar surface area (TPSA) is 77.8 Å². The molecule has 2 aromatic rings. The van der Waals surface area contributed by atoms with E-state index in [1.54, 1.807) is 23.1 Å². The zero-order valence-corrected chi connectivity index (χ0v) is 11.8. The van der Waals surface area contributed by atoms with Gasteiger partial charge in [-0.05, 0) is 37.4 Å². The molecule has 106 valence electrons. The van der Waals surface area contributed by atoms with Crippen molar-refractivity contribution in [2.24, 2.45) is 0 Å². The summed E-state index contributed by atoms with van der Waals surface area (Å²) in [5.41, 5.74) is 0. The molecule has 1 saturated carbocycles. The number of rotatable bonds is 5. The molecule has 0 aromatic carbocycles. The first kappa shape index (κ1) is 13.3. The van der Waals surface area contributed by atoms with E-state index in [9.17, 15) is 0 Å². The van der Waals surface area contributed by atoms with Gasteiger partial charge in [0, 0.05) is 25.0 Å². The van der Waals surface area contributed by atoms with Crippen molar-refractivity contribution in [3.05, 3.63) is 23.7 Å². The number of ether oxygens (including phenoxy) is 1. The Bertz CT molecular complexity index is 569. The summed E-state index contributed by atoms with van der Waals surface area (Å²) in [6, 6.07) is 2.11. The van der Waals surface area contributed by atoms with Crippen LogP contribution in [-0.2, 0) is 4.74 Å². The molecule has 3 rings (SSSR count). The van der Waals surface area contributed by atoms with Gasteiger partial charge in [0.25, 0.3) is 5.95 Å². The average molecular weight is 295 g/mol. The molecular weight excluding hydrogens is 280 g/mol. The summed E-state index contributed by atoms with van der Waals surface area (Å²) in [5.74, 6) is 0.869. The van der Waals surface area contributed by atoms with E-state index in [2.05, 4.69) is 25.4 Å². The van der Waals surface area contributed by atoms with Crippen molar-refractivity contribution in [2.45, 2.75) is 31.9 Å². The first-order chi connectivity index (χ1) is 9.74. The van der Waals surface area contributed by atoms with Crippen LogP contribution in [0, 0.1) is 0 Å². The van der Waals surface area contributed by atoms with Gasteiger partial charge in [0.2, 0.25) is 11.2 Å². The molecule has 0 saturated heterocycles. The number of hydrogen-bond acceptors (Lipinski definition) is 6. The highest BCUT2D eigenvalue weighted by molar-refractivity contribution is 6.28. The fraction of sp³-hybridized carbons (Fsp3) is 0.500. The molecule has 20 heavy (non-hydrogen) atoms. The number of nitrogens with one attached hydrogen (secondary N) is 1. The molecule has 0 aliphatic heterocycles. The second kappa shape index (κ2) is 5.72. The van der Waals surface area contributed by atoms with E-state index >= 15 is 0 Å². The van der Waals surface area contributed by atoms with E-state index in [1.807, 2.05) is 6.92 Å². The molecule has 0 radical (unpaired) electrons. The van der Waals surface area contributed by atoms with Crippen molar-refractivity contribution < 1.29 is 4.74 Å². The van der Waals surface area contributed by atoms with E-state index < -0.39 is 0 Å². The summed E-state index contributed by atoms with van der Waals surface area (Å²) in [6.45, 7) is 2.75. The quantitative estimate of drug-likeness (QED) is 0.904. The lowest BCUT2D eigenvalue weighted by Gasteiger charge is -2.35. The van der Waals surface area contributed by atoms with Gasteiger partial charge < -0.3 is 10.1 Å². The molecule has 0 amide bonds. The predicted octanol–water partition coefficient (Wildman–Crippen LogP) is 1.69. The third kappa shape index (κ3) is 2.88. The summed E-state index contributed by atoms with van der Waals surface area (Å²) in [5, 5.41) is 7.46. The summed E-state index contributed by atoms with van der Waals surface area (Å²) in [7, 11) is 0. The molecular formula is C12H15ClN6O. The van der Waals surface area contributed by atoms with Crippen LogP contribution in [0.3, 0.4) is 0 Å². The molecule has 8 heteroatoms. The Labute approximate surface area is 121 Å². The van der Waals surface area contributed by atoms with E-state index in [4.69, 9.17) is 16.3 Å². The minimum atomic E-state index is 0.147. The summed E-state index contributed by atoms with van der Waals surface area (Å²) >= 11 is 5.92. The molecule has 0 bridgehead atoms. The molecule has 1 aliphatic rings. The molecule has 2 aromatic heterocycles. The highest BCUT2D eigenvalue weighted by Gasteiger charge is 2.30. The van der Waals surface area contributed by atoms with Gasteiger partial charge in [0.1, 0.15) is 0 Å². The van der Waals surface area contributed by atoms with Crippen molar-refractivity contribution in [2.75, 3.05) is 11.9 Å². The second-order valence-corrected chi connectivity index (χ2v) is 4.91. The number of halogens is 1. The number of anilines is 1. The second-order valence-electron chi connectivity index (χ2n) is 4.57. The Hall–Kier alpha value is -1.73. The minimum Gasteiger partial charge on any atom is -0.378 e. The summed E-state index contributed by atoms with van der Waals surface area (Å²) in [6.07, 6.45) is 5.65. The van der Waals surface area contributed by atoms with E-state index in [-0.39, 0.29) is 5.28 Å². The van der Waals surface area contributed by atoms with Crippen LogP contribution in [0.25, 0.3) is 5.95 Å². The monoisotopic (exact) mass is 294 g/mol. The van der Waals surface area contributed by atoms with Crippen LogP contribution >= 0.6 is 11.6 Å². The minimum absolute atomic E-state index is 0.147. The van der Waals surface area contributed by atoms with Crippen molar-refractivity contribution in [1.29, 1.82) is 0 Å². The lowest BCUT2D eigenvalue weighted by atomic mass is 9.89. The lowest BCUT2D eigenvalue weighted by Crippen LogP contribution is -2.41. The zero-order valence-electron chi connectivity index (χ0n) is 11.0. The Balaban J connectivity index is 1.68. The number of nitrogens with zero attached hydrogens (tertiary/aromatic N) is 5. The predicted molar refractivity (Wildman–Crippen MR) is 74.0 cm³/mol. The van der Waals surface area contributed by atoms with Crippen LogP contribution in [0.1, 0.15) is 19.8 Å². The van der Waals surface area contributed by atoms with Crippen molar-refractivity contribution in [1.82, 2.24) is 24.7 Å². The molecule has 1 N–H and O–H groups in total. The Morgan fingerprint density at radius 2 is 2.25 bits per heavy atom. The molecule has 1 aliphatic carbocycles. The van der Waals surface area contributed by atoms with E-state index in [1.165, 1.54) is 0 Å². The van der Waals surface area contributed by atoms with Gasteiger partial charge in [-0.15, -0.1) is 0 Å². The van der Waals surface area contributed by atoms with Crippen molar-refractivity contribution >= 4 is 17.5 Å². The zero-order chi connectivity index (χ0) is 13.9. The van der Waals surface area contributed by atoms with Crippen molar-refractivity contribution in [3.8, 4) is 5.95 Å². The summed E-state index contributed by atoms with van der Waals surface area (Å²) in [4.78, 5) is 12.4. The van der Waals surface area contributed by atoms with Crippen LogP contribution < -0.4 is 5.32 Å². The largest absolute Gasteiger partial charge is 0.378 e. The Morgan fingerprint density at radius 1 is 1.40 bits per heavy atom. The van der Waals surface area contributed by atoms with Gasteiger partial charge in [0.05, 0.1) is 6.10 Å². The van der Waals surface area contributed by atoms with Crippen LogP contribution in [0.2, 0.25) is 5.28 Å². The maximum Gasteiger partial charge on any atom is 0.256 e. The van der Waals surface area contributed by atoms with Crippen LogP contribution in [0.4, 0.5) is 5.95 Å². The van der Waals surface area contributed by atoms with Crippen LogP contribution in [0.5, 0.6) is 0 Å². The molecule has 1 fully saturated rings. The molecule has 0 spiro atoms. The van der Waals surface area contributed by atoms with Gasteiger partial charge in [-0.1, -0.05) is 0 Å². The fourth-order valence-electron chi connectivity index (χ4n) is 2.13. The standard InChI is InChI=1S/C12H15ClN6O/c1-2-20-9-6-8(7-9)15-11-16-10(13)17-12(18-11)19-5-3-4-14-19/h3-5,8-9H,2,6-7H2,1H3,(H,15,16,17,18). The summed E-state index contributed by atoms with van der Waals surface area (Å²) < 4.78 is 7.06. The lowest BCUT2D eigenvalue weighted by molar-refractivity contribution is 0.00285. The number of hydrogen-bond donors (Lipinski definition) is 1. The van der Waals surface area contributed by atoms with Gasteiger partial charge in [0.15, 0.2) is 0 Å². The number of aromatic nitrogens is 5. The fourth-order valence-corrected chi connectivity index (χ4v) is 2.29. The SMILES string of the molecule is CCOC1CC(Nc2nc(Cl)nc(-n3cccn3)n2)C1. The average Bonchev–Trinajstić information content (AvgIpc) is 2.89. The Morgan fingerprint density at radius 3 is 2.95 bits per heavy atom. The molecule has 0 atom stereocenters. The van der Waals surface area contributed by atoms with Crippen LogP contribution in [-0.4, -0.2) is 43.5 Å². The smallest absolute Gasteiger partial charge is 0.256 e. The maximum absolute atomic E-state index is 5.92. The van der Waals surface area contributed by atoms with Gasteiger partial charge in [-0.3, -0.25) is 0 Å². The highest BCUT2D eigenvalue weighted by atomic mass is 35.5. The van der Waals surface area contributed by atoms with Gasteiger partial charge >= 0.3 is 0 Å².